The van der Waals surface area contributed by atoms with Gasteiger partial charge < -0.3 is 19.6 Å². The summed E-state index contributed by atoms with van der Waals surface area (Å²) in [5.41, 5.74) is 2.65. The molecular weight excluding hydrogens is 536 g/mol. The number of hydrogen-bond donors (Lipinski definition) is 0. The molecular formula is C29H36Cl2FN7. The number of aromatic nitrogens is 3. The first-order valence-electron chi connectivity index (χ1n) is 13.6. The molecule has 7 nitrogen and oxygen atoms in total. The summed E-state index contributed by atoms with van der Waals surface area (Å²) >= 11 is 12.8. The van der Waals surface area contributed by atoms with Crippen molar-refractivity contribution in [3.05, 3.63) is 58.0 Å². The molecule has 0 bridgehead atoms. The number of rotatable bonds is 7. The smallest absolute Gasteiger partial charge is 0.228 e. The number of likely N-dealkylation sites (N-methyl/N-ethyl adjacent to an activating group) is 1. The molecule has 0 unspecified atom stereocenters. The Balaban J connectivity index is 1.40. The minimum absolute atomic E-state index is 0.0860. The molecule has 2 aromatic heterocycles. The fourth-order valence-electron chi connectivity index (χ4n) is 5.41. The maximum Gasteiger partial charge on any atom is 0.228 e. The highest BCUT2D eigenvalue weighted by Crippen LogP contribution is 2.33. The molecule has 3 aromatic rings. The van der Waals surface area contributed by atoms with Crippen LogP contribution in [0.15, 0.2) is 36.5 Å². The maximum atomic E-state index is 13.9. The van der Waals surface area contributed by atoms with Gasteiger partial charge in [-0.15, -0.1) is 0 Å². The molecule has 0 saturated carbocycles. The van der Waals surface area contributed by atoms with E-state index in [0.29, 0.717) is 17.0 Å². The number of benzene rings is 1. The quantitative estimate of drug-likeness (QED) is 0.355. The van der Waals surface area contributed by atoms with Crippen molar-refractivity contribution >= 4 is 40.8 Å². The summed E-state index contributed by atoms with van der Waals surface area (Å²) in [4.78, 5) is 23.7. The van der Waals surface area contributed by atoms with Crippen LogP contribution in [-0.4, -0.2) is 78.8 Å². The van der Waals surface area contributed by atoms with Crippen LogP contribution in [0.4, 0.5) is 22.0 Å². The molecule has 0 radical (unpaired) electrons. The molecule has 208 valence electrons. The Morgan fingerprint density at radius 1 is 0.974 bits per heavy atom. The summed E-state index contributed by atoms with van der Waals surface area (Å²) in [5.74, 6) is 1.96. The number of halogens is 3. The van der Waals surface area contributed by atoms with Crippen LogP contribution in [0.25, 0.3) is 11.3 Å². The molecule has 2 aliphatic heterocycles. The van der Waals surface area contributed by atoms with E-state index in [1.807, 2.05) is 18.3 Å². The first kappa shape index (κ1) is 27.9. The molecule has 2 saturated heterocycles. The first-order valence-corrected chi connectivity index (χ1v) is 14.4. The standard InChI is InChI=1S/C29H36Cl2FN7/c1-19-6-5-10-39(19)29-34-26(22-7-8-25(32)23(30)15-22)16-27(35-29)38-13-12-37(18-20(38)2)28-24(31)14-21(17-33-28)9-11-36(3)4/h7-8,14-17,19-20H,5-6,9-13,18H2,1-4H3/t19-,20-/m1/s1. The van der Waals surface area contributed by atoms with E-state index in [1.165, 1.54) is 6.07 Å². The van der Waals surface area contributed by atoms with E-state index in [9.17, 15) is 4.39 Å². The van der Waals surface area contributed by atoms with Crippen molar-refractivity contribution < 1.29 is 4.39 Å². The minimum atomic E-state index is -0.439. The van der Waals surface area contributed by atoms with Gasteiger partial charge in [-0.1, -0.05) is 23.2 Å². The lowest BCUT2D eigenvalue weighted by Crippen LogP contribution is -2.52. The van der Waals surface area contributed by atoms with Gasteiger partial charge in [0.05, 0.1) is 15.7 Å². The fraction of sp³-hybridized carbons (Fsp3) is 0.483. The molecule has 39 heavy (non-hydrogen) atoms. The first-order chi connectivity index (χ1) is 18.7. The summed E-state index contributed by atoms with van der Waals surface area (Å²) in [6.07, 6.45) is 5.08. The van der Waals surface area contributed by atoms with Gasteiger partial charge in [0.25, 0.3) is 0 Å². The Hall–Kier alpha value is -2.68. The molecule has 4 heterocycles. The van der Waals surface area contributed by atoms with Crippen LogP contribution in [0.2, 0.25) is 10.0 Å². The van der Waals surface area contributed by atoms with Crippen molar-refractivity contribution in [3.63, 3.8) is 0 Å². The highest BCUT2D eigenvalue weighted by atomic mass is 35.5. The number of anilines is 3. The molecule has 1 aromatic carbocycles. The van der Waals surface area contributed by atoms with Crippen molar-refractivity contribution in [3.8, 4) is 11.3 Å². The van der Waals surface area contributed by atoms with Gasteiger partial charge in [-0.05, 0) is 77.0 Å². The van der Waals surface area contributed by atoms with E-state index >= 15 is 0 Å². The molecule has 0 N–H and O–H groups in total. The predicted molar refractivity (Wildman–Crippen MR) is 159 cm³/mol. The van der Waals surface area contributed by atoms with Crippen LogP contribution in [0.3, 0.4) is 0 Å². The second kappa shape index (κ2) is 11.8. The lowest BCUT2D eigenvalue weighted by molar-refractivity contribution is 0.413. The van der Waals surface area contributed by atoms with Gasteiger partial charge in [0.2, 0.25) is 5.95 Å². The van der Waals surface area contributed by atoms with E-state index in [4.69, 9.17) is 38.2 Å². The number of hydrogen-bond acceptors (Lipinski definition) is 7. The van der Waals surface area contributed by atoms with Crippen molar-refractivity contribution in [1.29, 1.82) is 0 Å². The van der Waals surface area contributed by atoms with Crippen molar-refractivity contribution in [2.45, 2.75) is 45.2 Å². The lowest BCUT2D eigenvalue weighted by atomic mass is 10.1. The van der Waals surface area contributed by atoms with Gasteiger partial charge in [0, 0.05) is 62.6 Å². The van der Waals surface area contributed by atoms with Gasteiger partial charge >= 0.3 is 0 Å². The Labute approximate surface area is 240 Å². The van der Waals surface area contributed by atoms with Gasteiger partial charge in [-0.25, -0.2) is 14.4 Å². The van der Waals surface area contributed by atoms with Crippen molar-refractivity contribution in [2.75, 3.05) is 61.5 Å². The second-order valence-corrected chi connectivity index (χ2v) is 11.7. The van der Waals surface area contributed by atoms with Crippen LogP contribution in [0, 0.1) is 5.82 Å². The molecule has 2 fully saturated rings. The average Bonchev–Trinajstić information content (AvgIpc) is 3.34. The van der Waals surface area contributed by atoms with Gasteiger partial charge in [0.15, 0.2) is 0 Å². The second-order valence-electron chi connectivity index (χ2n) is 10.9. The molecule has 0 spiro atoms. The third-order valence-corrected chi connectivity index (χ3v) is 8.24. The van der Waals surface area contributed by atoms with Crippen LogP contribution in [0.5, 0.6) is 0 Å². The van der Waals surface area contributed by atoms with Gasteiger partial charge in [-0.3, -0.25) is 0 Å². The van der Waals surface area contributed by atoms with Crippen LogP contribution in [-0.2, 0) is 6.42 Å². The number of piperazine rings is 1. The molecule has 2 aliphatic rings. The highest BCUT2D eigenvalue weighted by molar-refractivity contribution is 6.33. The largest absolute Gasteiger partial charge is 0.352 e. The minimum Gasteiger partial charge on any atom is -0.352 e. The van der Waals surface area contributed by atoms with E-state index in [0.717, 1.165) is 80.4 Å². The van der Waals surface area contributed by atoms with E-state index in [-0.39, 0.29) is 11.1 Å². The Kier molecular flexibility index (Phi) is 8.45. The molecule has 0 aliphatic carbocycles. The van der Waals surface area contributed by atoms with Crippen molar-refractivity contribution in [1.82, 2.24) is 19.9 Å². The Bertz CT molecular complexity index is 1320. The molecule has 0 amide bonds. The zero-order valence-electron chi connectivity index (χ0n) is 23.0. The number of nitrogens with zero attached hydrogens (tertiary/aromatic N) is 7. The highest BCUT2D eigenvalue weighted by Gasteiger charge is 2.29. The van der Waals surface area contributed by atoms with Crippen LogP contribution in [0.1, 0.15) is 32.3 Å². The molecule has 2 atom stereocenters. The van der Waals surface area contributed by atoms with Gasteiger partial charge in [0.1, 0.15) is 17.5 Å². The lowest BCUT2D eigenvalue weighted by Gasteiger charge is -2.41. The monoisotopic (exact) mass is 571 g/mol. The normalized spacial score (nSPS) is 19.8. The SMILES string of the molecule is C[C@@H]1CN(c2ncc(CCN(C)C)cc2Cl)CCN1c1cc(-c2ccc(F)c(Cl)c2)nc(N2CCC[C@H]2C)n1. The molecule has 10 heteroatoms. The Morgan fingerprint density at radius 2 is 1.79 bits per heavy atom. The third kappa shape index (κ3) is 6.23. The van der Waals surface area contributed by atoms with Crippen molar-refractivity contribution in [2.24, 2.45) is 0 Å². The summed E-state index contributed by atoms with van der Waals surface area (Å²) in [6.45, 7) is 8.58. The van der Waals surface area contributed by atoms with E-state index < -0.39 is 5.82 Å². The fourth-order valence-corrected chi connectivity index (χ4v) is 5.90. The summed E-state index contributed by atoms with van der Waals surface area (Å²) < 4.78 is 13.9. The topological polar surface area (TPSA) is 51.6 Å². The van der Waals surface area contributed by atoms with Crippen LogP contribution < -0.4 is 14.7 Å². The third-order valence-electron chi connectivity index (χ3n) is 7.67. The average molecular weight is 573 g/mol. The molecule has 5 rings (SSSR count). The zero-order chi connectivity index (χ0) is 27.7. The summed E-state index contributed by atoms with van der Waals surface area (Å²) in [5, 5.41) is 0.776. The van der Waals surface area contributed by atoms with Crippen LogP contribution >= 0.6 is 23.2 Å². The van der Waals surface area contributed by atoms with E-state index in [1.54, 1.807) is 12.1 Å². The maximum absolute atomic E-state index is 13.9. The summed E-state index contributed by atoms with van der Waals surface area (Å²) in [6, 6.07) is 9.31. The summed E-state index contributed by atoms with van der Waals surface area (Å²) in [7, 11) is 4.13. The van der Waals surface area contributed by atoms with Gasteiger partial charge in [-0.2, -0.15) is 4.98 Å². The number of pyridine rings is 1. The zero-order valence-corrected chi connectivity index (χ0v) is 24.6. The Morgan fingerprint density at radius 3 is 2.46 bits per heavy atom. The predicted octanol–water partition coefficient (Wildman–Crippen LogP) is 5.79. The van der Waals surface area contributed by atoms with E-state index in [2.05, 4.69) is 47.5 Å².